The first-order valence-electron chi connectivity index (χ1n) is 4.76. The van der Waals surface area contributed by atoms with Crippen LogP contribution >= 0.6 is 11.6 Å². The number of halogens is 1. The fourth-order valence-electron chi connectivity index (χ4n) is 1.49. The van der Waals surface area contributed by atoms with Crippen LogP contribution in [0.2, 0.25) is 5.02 Å². The molecule has 0 aliphatic carbocycles. The molecule has 2 rings (SSSR count). The Labute approximate surface area is 94.0 Å². The van der Waals surface area contributed by atoms with Gasteiger partial charge in [-0.15, -0.1) is 0 Å². The van der Waals surface area contributed by atoms with E-state index in [4.69, 9.17) is 16.7 Å². The smallest absolute Gasteiger partial charge is 0.0696 e. The molecule has 0 saturated heterocycles. The Balaban J connectivity index is 2.43. The molecule has 0 fully saturated rings. The van der Waals surface area contributed by atoms with Crippen LogP contribution in [0.15, 0.2) is 48.5 Å². The molecule has 0 amide bonds. The molecule has 0 heterocycles. The van der Waals surface area contributed by atoms with Crippen LogP contribution in [0.1, 0.15) is 5.56 Å². The molecule has 2 aromatic rings. The number of aliphatic hydroxyl groups excluding tert-OH is 1. The van der Waals surface area contributed by atoms with Crippen molar-refractivity contribution in [2.45, 2.75) is 6.61 Å². The molecule has 0 bridgehead atoms. The van der Waals surface area contributed by atoms with E-state index in [2.05, 4.69) is 0 Å². The van der Waals surface area contributed by atoms with Gasteiger partial charge in [-0.25, -0.2) is 0 Å². The van der Waals surface area contributed by atoms with Crippen LogP contribution in [0.4, 0.5) is 0 Å². The lowest BCUT2D eigenvalue weighted by atomic mass is 10.0. The van der Waals surface area contributed by atoms with E-state index in [1.807, 2.05) is 48.5 Å². The first-order valence-corrected chi connectivity index (χ1v) is 5.14. The monoisotopic (exact) mass is 218 g/mol. The van der Waals surface area contributed by atoms with Gasteiger partial charge in [0.2, 0.25) is 0 Å². The molecule has 0 aromatic heterocycles. The minimum atomic E-state index is -0.0199. The highest BCUT2D eigenvalue weighted by Crippen LogP contribution is 2.25. The second-order valence-corrected chi connectivity index (χ2v) is 3.74. The van der Waals surface area contributed by atoms with Gasteiger partial charge in [0.25, 0.3) is 0 Å². The van der Waals surface area contributed by atoms with Crippen LogP contribution in [-0.4, -0.2) is 5.11 Å². The zero-order valence-electron chi connectivity index (χ0n) is 8.15. The molecule has 0 saturated carbocycles. The molecule has 0 aliphatic rings. The maximum atomic E-state index is 9.00. The SMILES string of the molecule is OCc1ccc(-c2ccccc2)cc1Cl. The van der Waals surface area contributed by atoms with Crippen molar-refractivity contribution in [3.8, 4) is 11.1 Å². The van der Waals surface area contributed by atoms with Crippen molar-refractivity contribution in [2.75, 3.05) is 0 Å². The number of hydrogen-bond acceptors (Lipinski definition) is 1. The van der Waals surface area contributed by atoms with E-state index >= 15 is 0 Å². The topological polar surface area (TPSA) is 20.2 Å². The molecule has 0 unspecified atom stereocenters. The Morgan fingerprint density at radius 3 is 2.27 bits per heavy atom. The molecule has 1 N–H and O–H groups in total. The maximum Gasteiger partial charge on any atom is 0.0696 e. The van der Waals surface area contributed by atoms with Gasteiger partial charge in [-0.3, -0.25) is 0 Å². The molecular weight excluding hydrogens is 208 g/mol. The van der Waals surface area contributed by atoms with Gasteiger partial charge in [0.05, 0.1) is 6.61 Å². The van der Waals surface area contributed by atoms with E-state index < -0.39 is 0 Å². The van der Waals surface area contributed by atoms with E-state index in [0.29, 0.717) is 5.02 Å². The van der Waals surface area contributed by atoms with Crippen molar-refractivity contribution >= 4 is 11.6 Å². The van der Waals surface area contributed by atoms with Crippen LogP contribution < -0.4 is 0 Å². The predicted octanol–water partition coefficient (Wildman–Crippen LogP) is 3.50. The Hall–Kier alpha value is -1.31. The van der Waals surface area contributed by atoms with Crippen molar-refractivity contribution in [1.82, 2.24) is 0 Å². The average Bonchev–Trinajstić information content (AvgIpc) is 2.30. The first kappa shape index (κ1) is 10.2. The van der Waals surface area contributed by atoms with E-state index in [-0.39, 0.29) is 6.61 Å². The predicted molar refractivity (Wildman–Crippen MR) is 62.8 cm³/mol. The van der Waals surface area contributed by atoms with Gasteiger partial charge in [-0.05, 0) is 22.8 Å². The standard InChI is InChI=1S/C13H11ClO/c14-13-8-11(6-7-12(13)9-15)10-4-2-1-3-5-10/h1-8,15H,9H2. The second-order valence-electron chi connectivity index (χ2n) is 3.33. The summed E-state index contributed by atoms with van der Waals surface area (Å²) in [6, 6.07) is 15.7. The molecule has 0 atom stereocenters. The van der Waals surface area contributed by atoms with E-state index in [1.165, 1.54) is 0 Å². The summed E-state index contributed by atoms with van der Waals surface area (Å²) in [5.41, 5.74) is 2.96. The third kappa shape index (κ3) is 2.20. The number of aliphatic hydroxyl groups is 1. The highest BCUT2D eigenvalue weighted by Gasteiger charge is 2.01. The Morgan fingerprint density at radius 2 is 1.67 bits per heavy atom. The molecule has 76 valence electrons. The Morgan fingerprint density at radius 1 is 0.933 bits per heavy atom. The quantitative estimate of drug-likeness (QED) is 0.818. The molecule has 15 heavy (non-hydrogen) atoms. The molecule has 0 aliphatic heterocycles. The Kier molecular flexibility index (Phi) is 3.05. The van der Waals surface area contributed by atoms with E-state index in [1.54, 1.807) is 0 Å². The average molecular weight is 219 g/mol. The molecule has 2 aromatic carbocycles. The fourth-order valence-corrected chi connectivity index (χ4v) is 1.73. The lowest BCUT2D eigenvalue weighted by molar-refractivity contribution is 0.282. The minimum Gasteiger partial charge on any atom is -0.392 e. The fraction of sp³-hybridized carbons (Fsp3) is 0.0769. The van der Waals surface area contributed by atoms with Crippen molar-refractivity contribution in [3.05, 3.63) is 59.1 Å². The third-order valence-corrected chi connectivity index (χ3v) is 2.68. The Bertz CT molecular complexity index is 451. The van der Waals surface area contributed by atoms with Crippen molar-refractivity contribution in [3.63, 3.8) is 0 Å². The molecule has 0 spiro atoms. The molecular formula is C13H11ClO. The van der Waals surface area contributed by atoms with Gasteiger partial charge < -0.3 is 5.11 Å². The highest BCUT2D eigenvalue weighted by atomic mass is 35.5. The largest absolute Gasteiger partial charge is 0.392 e. The summed E-state index contributed by atoms with van der Waals surface area (Å²) in [5.74, 6) is 0. The molecule has 1 nitrogen and oxygen atoms in total. The summed E-state index contributed by atoms with van der Waals surface area (Å²) >= 11 is 6.02. The van der Waals surface area contributed by atoms with E-state index in [0.717, 1.165) is 16.7 Å². The highest BCUT2D eigenvalue weighted by molar-refractivity contribution is 6.31. The summed E-state index contributed by atoms with van der Waals surface area (Å²) < 4.78 is 0. The van der Waals surface area contributed by atoms with E-state index in [9.17, 15) is 0 Å². The summed E-state index contributed by atoms with van der Waals surface area (Å²) in [7, 11) is 0. The van der Waals surface area contributed by atoms with Gasteiger partial charge in [-0.1, -0.05) is 54.1 Å². The zero-order chi connectivity index (χ0) is 10.7. The zero-order valence-corrected chi connectivity index (χ0v) is 8.91. The minimum absolute atomic E-state index is 0.0199. The molecule has 2 heteroatoms. The maximum absolute atomic E-state index is 9.00. The van der Waals surface area contributed by atoms with Crippen LogP contribution in [0.25, 0.3) is 11.1 Å². The summed E-state index contributed by atoms with van der Waals surface area (Å²) in [6.45, 7) is -0.0199. The summed E-state index contributed by atoms with van der Waals surface area (Å²) in [5, 5.41) is 9.61. The van der Waals surface area contributed by atoms with Crippen molar-refractivity contribution < 1.29 is 5.11 Å². The third-order valence-electron chi connectivity index (χ3n) is 2.33. The van der Waals surface area contributed by atoms with Gasteiger partial charge in [0.1, 0.15) is 0 Å². The summed E-state index contributed by atoms with van der Waals surface area (Å²) in [6.07, 6.45) is 0. The second kappa shape index (κ2) is 4.47. The van der Waals surface area contributed by atoms with Gasteiger partial charge in [-0.2, -0.15) is 0 Å². The van der Waals surface area contributed by atoms with Crippen LogP contribution in [0.3, 0.4) is 0 Å². The summed E-state index contributed by atoms with van der Waals surface area (Å²) in [4.78, 5) is 0. The van der Waals surface area contributed by atoms with Gasteiger partial charge in [0.15, 0.2) is 0 Å². The molecule has 0 radical (unpaired) electrons. The van der Waals surface area contributed by atoms with Crippen LogP contribution in [0.5, 0.6) is 0 Å². The first-order chi connectivity index (χ1) is 7.31. The van der Waals surface area contributed by atoms with Crippen LogP contribution in [-0.2, 0) is 6.61 Å². The number of hydrogen-bond donors (Lipinski definition) is 1. The number of rotatable bonds is 2. The lowest BCUT2D eigenvalue weighted by Gasteiger charge is -2.05. The number of benzene rings is 2. The lowest BCUT2D eigenvalue weighted by Crippen LogP contribution is -1.85. The van der Waals surface area contributed by atoms with Gasteiger partial charge in [0, 0.05) is 5.02 Å². The van der Waals surface area contributed by atoms with Crippen molar-refractivity contribution in [2.24, 2.45) is 0 Å². The van der Waals surface area contributed by atoms with Gasteiger partial charge >= 0.3 is 0 Å². The van der Waals surface area contributed by atoms with Crippen LogP contribution in [0, 0.1) is 0 Å². The van der Waals surface area contributed by atoms with Crippen molar-refractivity contribution in [1.29, 1.82) is 0 Å². The normalized spacial score (nSPS) is 10.3.